The highest BCUT2D eigenvalue weighted by molar-refractivity contribution is 5.95. The van der Waals surface area contributed by atoms with E-state index in [1.165, 1.54) is 5.56 Å². The van der Waals surface area contributed by atoms with E-state index in [9.17, 15) is 0 Å². The summed E-state index contributed by atoms with van der Waals surface area (Å²) in [6.45, 7) is 2.07. The zero-order chi connectivity index (χ0) is 21.7. The van der Waals surface area contributed by atoms with Crippen molar-refractivity contribution in [1.29, 1.82) is 0 Å². The van der Waals surface area contributed by atoms with Crippen LogP contribution in [0.5, 0.6) is 0 Å². The molecule has 6 aromatic rings. The highest BCUT2D eigenvalue weighted by Gasteiger charge is 2.17. The number of rotatable bonds is 3. The Morgan fingerprint density at radius 1 is 0.812 bits per heavy atom. The Morgan fingerprint density at radius 2 is 1.72 bits per heavy atom. The number of nitrogens with one attached hydrogen (secondary N) is 2. The Kier molecular flexibility index (Phi) is 3.97. The molecule has 5 aromatic heterocycles. The summed E-state index contributed by atoms with van der Waals surface area (Å²) in [4.78, 5) is 21.6. The Balaban J connectivity index is 1.51. The lowest BCUT2D eigenvalue weighted by molar-refractivity contribution is 1.10. The van der Waals surface area contributed by atoms with Crippen LogP contribution < -0.4 is 5.73 Å². The molecule has 5 heterocycles. The molecule has 32 heavy (non-hydrogen) atoms. The fraction of sp³-hybridized carbons (Fsp3) is 0.0417. The van der Waals surface area contributed by atoms with Gasteiger partial charge in [-0.15, -0.1) is 0 Å². The maximum absolute atomic E-state index is 5.89. The first-order chi connectivity index (χ1) is 15.7. The number of aromatic amines is 2. The van der Waals surface area contributed by atoms with Gasteiger partial charge in [0.05, 0.1) is 34.1 Å². The summed E-state index contributed by atoms with van der Waals surface area (Å²) in [6.07, 6.45) is 6.97. The van der Waals surface area contributed by atoms with Crippen molar-refractivity contribution in [3.8, 4) is 33.9 Å². The van der Waals surface area contributed by atoms with Gasteiger partial charge in [-0.05, 0) is 30.7 Å². The topological polar surface area (TPSA) is 122 Å². The lowest BCUT2D eigenvalue weighted by Crippen LogP contribution is -1.90. The maximum atomic E-state index is 5.89. The molecule has 0 atom stereocenters. The average Bonchev–Trinajstić information content (AvgIpc) is 3.42. The van der Waals surface area contributed by atoms with Gasteiger partial charge < -0.3 is 10.7 Å². The number of nitrogens with two attached hydrogens (primary N) is 1. The number of imidazole rings is 1. The predicted molar refractivity (Wildman–Crippen MR) is 125 cm³/mol. The smallest absolute Gasteiger partial charge is 0.161 e. The van der Waals surface area contributed by atoms with E-state index >= 15 is 0 Å². The minimum atomic E-state index is 0.588. The quantitative estimate of drug-likeness (QED) is 0.388. The van der Waals surface area contributed by atoms with Crippen molar-refractivity contribution >= 4 is 27.8 Å². The van der Waals surface area contributed by atoms with Gasteiger partial charge in [-0.3, -0.25) is 15.1 Å². The van der Waals surface area contributed by atoms with Crippen LogP contribution in [0.4, 0.5) is 5.69 Å². The van der Waals surface area contributed by atoms with E-state index < -0.39 is 0 Å². The molecule has 8 nitrogen and oxygen atoms in total. The molecular weight excluding hydrogens is 400 g/mol. The summed E-state index contributed by atoms with van der Waals surface area (Å²) in [6, 6.07) is 14.0. The highest BCUT2D eigenvalue weighted by Crippen LogP contribution is 2.31. The van der Waals surface area contributed by atoms with Crippen LogP contribution in [0.25, 0.3) is 56.0 Å². The van der Waals surface area contributed by atoms with Crippen LogP contribution >= 0.6 is 0 Å². The minimum absolute atomic E-state index is 0.588. The van der Waals surface area contributed by atoms with E-state index in [4.69, 9.17) is 15.7 Å². The number of H-pyrrole nitrogens is 2. The molecule has 0 saturated carbocycles. The van der Waals surface area contributed by atoms with Gasteiger partial charge in [0, 0.05) is 29.7 Å². The summed E-state index contributed by atoms with van der Waals surface area (Å²) in [7, 11) is 0. The number of fused-ring (bicyclic) bond motifs is 2. The van der Waals surface area contributed by atoms with Gasteiger partial charge in [0.25, 0.3) is 0 Å². The van der Waals surface area contributed by atoms with Crippen LogP contribution in [0.3, 0.4) is 0 Å². The van der Waals surface area contributed by atoms with Crippen molar-refractivity contribution in [2.45, 2.75) is 6.92 Å². The number of benzene rings is 1. The number of nitrogens with zero attached hydrogens (tertiary/aromatic N) is 5. The zero-order valence-corrected chi connectivity index (χ0v) is 17.2. The Bertz CT molecular complexity index is 1610. The lowest BCUT2D eigenvalue weighted by Gasteiger charge is -2.03. The summed E-state index contributed by atoms with van der Waals surface area (Å²) < 4.78 is 0. The summed E-state index contributed by atoms with van der Waals surface area (Å²) in [5.74, 6) is 0.628. The molecule has 0 unspecified atom stereocenters. The third-order valence-electron chi connectivity index (χ3n) is 5.41. The summed E-state index contributed by atoms with van der Waals surface area (Å²) >= 11 is 0. The van der Waals surface area contributed by atoms with Gasteiger partial charge in [0.1, 0.15) is 5.52 Å². The van der Waals surface area contributed by atoms with Crippen molar-refractivity contribution < 1.29 is 0 Å². The van der Waals surface area contributed by atoms with E-state index in [0.29, 0.717) is 22.7 Å². The molecule has 0 spiro atoms. The fourth-order valence-electron chi connectivity index (χ4n) is 3.89. The van der Waals surface area contributed by atoms with Gasteiger partial charge in [-0.25, -0.2) is 9.97 Å². The fourth-order valence-corrected chi connectivity index (χ4v) is 3.89. The molecule has 0 aliphatic rings. The number of anilines is 1. The number of hydrogen-bond acceptors (Lipinski definition) is 6. The highest BCUT2D eigenvalue weighted by atomic mass is 15.1. The molecule has 1 aromatic carbocycles. The van der Waals surface area contributed by atoms with Gasteiger partial charge in [0.2, 0.25) is 0 Å². The monoisotopic (exact) mass is 418 g/mol. The van der Waals surface area contributed by atoms with Crippen molar-refractivity contribution in [2.24, 2.45) is 0 Å². The van der Waals surface area contributed by atoms with Gasteiger partial charge in [0.15, 0.2) is 11.5 Å². The first kappa shape index (κ1) is 18.2. The third kappa shape index (κ3) is 2.97. The van der Waals surface area contributed by atoms with E-state index in [-0.39, 0.29) is 0 Å². The SMILES string of the molecule is Cc1cccc(-c2cncc3[nH]c(-c4n[nH]c5ccc(-c6cncc(N)c6)nc45)nc23)c1. The second-order valence-corrected chi connectivity index (χ2v) is 7.71. The molecule has 0 aliphatic carbocycles. The number of pyridine rings is 3. The van der Waals surface area contributed by atoms with Crippen molar-refractivity contribution in [1.82, 2.24) is 35.1 Å². The molecule has 154 valence electrons. The first-order valence-corrected chi connectivity index (χ1v) is 10.1. The lowest BCUT2D eigenvalue weighted by atomic mass is 10.0. The van der Waals surface area contributed by atoms with Crippen LogP contribution in [0.1, 0.15) is 5.56 Å². The number of aryl methyl sites for hydroxylation is 1. The van der Waals surface area contributed by atoms with E-state index in [2.05, 4.69) is 50.3 Å². The van der Waals surface area contributed by atoms with Crippen LogP contribution in [-0.2, 0) is 0 Å². The van der Waals surface area contributed by atoms with Crippen LogP contribution in [0.2, 0.25) is 0 Å². The maximum Gasteiger partial charge on any atom is 0.161 e. The first-order valence-electron chi connectivity index (χ1n) is 10.1. The molecule has 0 fully saturated rings. The zero-order valence-electron chi connectivity index (χ0n) is 17.2. The second kappa shape index (κ2) is 6.98. The number of nitrogen functional groups attached to an aromatic ring is 1. The Morgan fingerprint density at radius 3 is 2.59 bits per heavy atom. The molecule has 0 amide bonds. The molecule has 6 rings (SSSR count). The van der Waals surface area contributed by atoms with Crippen LogP contribution in [0, 0.1) is 6.92 Å². The van der Waals surface area contributed by atoms with Crippen molar-refractivity contribution in [2.75, 3.05) is 5.73 Å². The minimum Gasteiger partial charge on any atom is -0.397 e. The number of aromatic nitrogens is 7. The molecule has 0 saturated heterocycles. The summed E-state index contributed by atoms with van der Waals surface area (Å²) in [5.41, 5.74) is 15.2. The molecule has 8 heteroatoms. The largest absolute Gasteiger partial charge is 0.397 e. The Labute approximate surface area is 182 Å². The number of hydrogen-bond donors (Lipinski definition) is 3. The van der Waals surface area contributed by atoms with E-state index in [0.717, 1.165) is 38.9 Å². The van der Waals surface area contributed by atoms with E-state index in [1.807, 2.05) is 30.5 Å². The van der Waals surface area contributed by atoms with Gasteiger partial charge in [-0.1, -0.05) is 29.8 Å². The van der Waals surface area contributed by atoms with Crippen LogP contribution in [0.15, 0.2) is 67.3 Å². The molecule has 4 N–H and O–H groups in total. The third-order valence-corrected chi connectivity index (χ3v) is 5.41. The van der Waals surface area contributed by atoms with Crippen molar-refractivity contribution in [3.05, 3.63) is 72.8 Å². The van der Waals surface area contributed by atoms with Gasteiger partial charge in [-0.2, -0.15) is 5.10 Å². The predicted octanol–water partition coefficient (Wildman–Crippen LogP) is 4.52. The van der Waals surface area contributed by atoms with E-state index in [1.54, 1.807) is 18.6 Å². The molecule has 0 radical (unpaired) electrons. The van der Waals surface area contributed by atoms with Crippen molar-refractivity contribution in [3.63, 3.8) is 0 Å². The second-order valence-electron chi connectivity index (χ2n) is 7.71. The molecule has 0 aliphatic heterocycles. The van der Waals surface area contributed by atoms with Crippen LogP contribution in [-0.4, -0.2) is 35.1 Å². The summed E-state index contributed by atoms with van der Waals surface area (Å²) in [5, 5.41) is 7.53. The Hall–Kier alpha value is -4.59. The standard InChI is InChI=1S/C24H18N8/c1-13-3-2-4-14(7-13)17-11-27-12-20-21(17)30-24(29-20)23-22-19(31-32-23)6-5-18(28-22)15-8-16(25)10-26-9-15/h2-12H,25H2,1H3,(H,29,30)(H,31,32). The molecule has 0 bridgehead atoms. The molecular formula is C24H18N8. The normalized spacial score (nSPS) is 11.4. The van der Waals surface area contributed by atoms with Gasteiger partial charge >= 0.3 is 0 Å². The average molecular weight is 418 g/mol.